The summed E-state index contributed by atoms with van der Waals surface area (Å²) in [6.07, 6.45) is 0.225. The summed E-state index contributed by atoms with van der Waals surface area (Å²) in [5, 5.41) is 5.62. The van der Waals surface area contributed by atoms with Gasteiger partial charge in [0.25, 0.3) is 5.91 Å². The van der Waals surface area contributed by atoms with Crippen LogP contribution in [0, 0.1) is 0 Å². The van der Waals surface area contributed by atoms with Gasteiger partial charge in [0.05, 0.1) is 0 Å². The Morgan fingerprint density at radius 2 is 1.45 bits per heavy atom. The number of benzene rings is 3. The molecule has 3 rings (SSSR count). The third-order valence-electron chi connectivity index (χ3n) is 4.31. The van der Waals surface area contributed by atoms with Crippen molar-refractivity contribution in [2.24, 2.45) is 0 Å². The molecule has 2 amide bonds. The molecule has 0 aromatic heterocycles. The lowest BCUT2D eigenvalue weighted by atomic mass is 10.2. The van der Waals surface area contributed by atoms with Crippen molar-refractivity contribution in [3.05, 3.63) is 102 Å². The highest BCUT2D eigenvalue weighted by Crippen LogP contribution is 2.15. The first-order valence-corrected chi connectivity index (χ1v) is 9.56. The fourth-order valence-corrected chi connectivity index (χ4v) is 2.74. The highest BCUT2D eigenvalue weighted by molar-refractivity contribution is 5.94. The van der Waals surface area contributed by atoms with Gasteiger partial charge in [0.1, 0.15) is 12.4 Å². The van der Waals surface area contributed by atoms with E-state index in [0.29, 0.717) is 24.5 Å². The Morgan fingerprint density at radius 3 is 2.17 bits per heavy atom. The molecule has 0 heterocycles. The molecule has 0 unspecified atom stereocenters. The minimum Gasteiger partial charge on any atom is -0.489 e. The number of nitrogens with one attached hydrogen (secondary N) is 2. The Morgan fingerprint density at radius 1 is 0.759 bits per heavy atom. The van der Waals surface area contributed by atoms with Gasteiger partial charge in [-0.05, 0) is 29.3 Å². The average molecular weight is 388 g/mol. The summed E-state index contributed by atoms with van der Waals surface area (Å²) in [5.74, 6) is 0.294. The van der Waals surface area contributed by atoms with Gasteiger partial charge in [-0.2, -0.15) is 0 Å². The Kier molecular flexibility index (Phi) is 7.41. The molecule has 5 nitrogen and oxygen atoms in total. The lowest BCUT2D eigenvalue weighted by molar-refractivity contribution is -0.121. The number of ether oxygens (including phenoxy) is 1. The fraction of sp³-hybridized carbons (Fsp3) is 0.167. The fourth-order valence-electron chi connectivity index (χ4n) is 2.74. The van der Waals surface area contributed by atoms with Crippen molar-refractivity contribution < 1.29 is 14.3 Å². The van der Waals surface area contributed by atoms with E-state index in [1.165, 1.54) is 0 Å². The smallest absolute Gasteiger partial charge is 0.251 e. The number of carbonyl (C=O) groups is 2. The van der Waals surface area contributed by atoms with Gasteiger partial charge in [0.2, 0.25) is 5.91 Å². The summed E-state index contributed by atoms with van der Waals surface area (Å²) in [6.45, 7) is 1.19. The van der Waals surface area contributed by atoms with Crippen LogP contribution in [0.5, 0.6) is 5.75 Å². The lowest BCUT2D eigenvalue weighted by Gasteiger charge is -2.09. The van der Waals surface area contributed by atoms with Crippen molar-refractivity contribution in [2.45, 2.75) is 19.6 Å². The van der Waals surface area contributed by atoms with Crippen molar-refractivity contribution in [1.82, 2.24) is 10.6 Å². The topological polar surface area (TPSA) is 67.4 Å². The molecule has 0 spiro atoms. The van der Waals surface area contributed by atoms with E-state index in [2.05, 4.69) is 10.6 Å². The number of hydrogen-bond donors (Lipinski definition) is 2. The van der Waals surface area contributed by atoms with Gasteiger partial charge in [-0.15, -0.1) is 0 Å². The largest absolute Gasteiger partial charge is 0.489 e. The van der Waals surface area contributed by atoms with Crippen LogP contribution in [0.3, 0.4) is 0 Å². The third-order valence-corrected chi connectivity index (χ3v) is 4.31. The van der Waals surface area contributed by atoms with Gasteiger partial charge in [-0.1, -0.05) is 66.7 Å². The van der Waals surface area contributed by atoms with Crippen LogP contribution in [-0.2, 0) is 17.9 Å². The molecule has 0 saturated heterocycles. The molecule has 0 bridgehead atoms. The van der Waals surface area contributed by atoms with Gasteiger partial charge >= 0.3 is 0 Å². The molecular weight excluding hydrogens is 364 g/mol. The summed E-state index contributed by atoms with van der Waals surface area (Å²) in [7, 11) is 0. The molecule has 0 radical (unpaired) electrons. The highest BCUT2D eigenvalue weighted by atomic mass is 16.5. The summed E-state index contributed by atoms with van der Waals surface area (Å²) >= 11 is 0. The van der Waals surface area contributed by atoms with Crippen molar-refractivity contribution in [3.63, 3.8) is 0 Å². The lowest BCUT2D eigenvalue weighted by Crippen LogP contribution is -2.30. The van der Waals surface area contributed by atoms with Crippen LogP contribution in [-0.4, -0.2) is 18.4 Å². The zero-order valence-electron chi connectivity index (χ0n) is 16.1. The van der Waals surface area contributed by atoms with Crippen LogP contribution >= 0.6 is 0 Å². The molecule has 29 heavy (non-hydrogen) atoms. The minimum atomic E-state index is -0.231. The number of hydrogen-bond acceptors (Lipinski definition) is 3. The summed E-state index contributed by atoms with van der Waals surface area (Å²) in [6, 6.07) is 26.6. The molecule has 0 atom stereocenters. The maximum absolute atomic E-state index is 12.3. The Bertz CT molecular complexity index is 927. The van der Waals surface area contributed by atoms with Crippen LogP contribution in [0.25, 0.3) is 0 Å². The van der Waals surface area contributed by atoms with Crippen molar-refractivity contribution >= 4 is 11.8 Å². The van der Waals surface area contributed by atoms with Crippen LogP contribution in [0.1, 0.15) is 27.9 Å². The number of carbonyl (C=O) groups excluding carboxylic acids is 2. The van der Waals surface area contributed by atoms with Gasteiger partial charge in [0, 0.05) is 25.1 Å². The molecule has 2 N–H and O–H groups in total. The van der Waals surface area contributed by atoms with Crippen LogP contribution < -0.4 is 15.4 Å². The van der Waals surface area contributed by atoms with E-state index < -0.39 is 0 Å². The van der Waals surface area contributed by atoms with Gasteiger partial charge in [0.15, 0.2) is 0 Å². The predicted octanol–water partition coefficient (Wildman–Crippen LogP) is 3.70. The maximum Gasteiger partial charge on any atom is 0.251 e. The second-order valence-corrected chi connectivity index (χ2v) is 6.57. The van der Waals surface area contributed by atoms with E-state index in [1.807, 2.05) is 66.7 Å². The normalized spacial score (nSPS) is 10.2. The molecule has 0 aliphatic rings. The van der Waals surface area contributed by atoms with Crippen molar-refractivity contribution in [1.29, 1.82) is 0 Å². The van der Waals surface area contributed by atoms with E-state index in [0.717, 1.165) is 11.1 Å². The highest BCUT2D eigenvalue weighted by Gasteiger charge is 2.08. The van der Waals surface area contributed by atoms with Crippen LogP contribution in [0.15, 0.2) is 84.9 Å². The van der Waals surface area contributed by atoms with E-state index >= 15 is 0 Å². The van der Waals surface area contributed by atoms with Crippen molar-refractivity contribution in [2.75, 3.05) is 6.54 Å². The molecule has 5 heteroatoms. The Balaban J connectivity index is 1.41. The minimum absolute atomic E-state index is 0.103. The van der Waals surface area contributed by atoms with E-state index in [-0.39, 0.29) is 24.8 Å². The molecular formula is C24H24N2O3. The van der Waals surface area contributed by atoms with Crippen LogP contribution in [0.4, 0.5) is 0 Å². The number of amides is 2. The first-order chi connectivity index (χ1) is 14.2. The molecule has 3 aromatic carbocycles. The molecule has 0 aliphatic heterocycles. The molecule has 3 aromatic rings. The zero-order chi connectivity index (χ0) is 20.3. The van der Waals surface area contributed by atoms with E-state index in [1.54, 1.807) is 18.2 Å². The molecule has 148 valence electrons. The van der Waals surface area contributed by atoms with E-state index in [4.69, 9.17) is 4.74 Å². The van der Waals surface area contributed by atoms with Crippen LogP contribution in [0.2, 0.25) is 0 Å². The average Bonchev–Trinajstić information content (AvgIpc) is 2.78. The molecule has 0 fully saturated rings. The second-order valence-electron chi connectivity index (χ2n) is 6.57. The third kappa shape index (κ3) is 6.81. The first kappa shape index (κ1) is 20.1. The van der Waals surface area contributed by atoms with Gasteiger partial charge < -0.3 is 15.4 Å². The number of rotatable bonds is 9. The summed E-state index contributed by atoms with van der Waals surface area (Å²) < 4.78 is 5.76. The standard InChI is InChI=1S/C24H24N2O3/c27-23(26-17-19-8-3-1-4-9-19)14-15-25-24(28)21-12-7-13-22(16-21)29-18-20-10-5-2-6-11-20/h1-13,16H,14-15,17-18H2,(H,25,28)(H,26,27). The molecule has 0 saturated carbocycles. The monoisotopic (exact) mass is 388 g/mol. The maximum atomic E-state index is 12.3. The Hall–Kier alpha value is -3.60. The van der Waals surface area contributed by atoms with Gasteiger partial charge in [-0.3, -0.25) is 9.59 Å². The second kappa shape index (κ2) is 10.7. The van der Waals surface area contributed by atoms with E-state index in [9.17, 15) is 9.59 Å². The first-order valence-electron chi connectivity index (χ1n) is 9.56. The van der Waals surface area contributed by atoms with Crippen molar-refractivity contribution in [3.8, 4) is 5.75 Å². The zero-order valence-corrected chi connectivity index (χ0v) is 16.1. The van der Waals surface area contributed by atoms with Gasteiger partial charge in [-0.25, -0.2) is 0 Å². The Labute approximate surface area is 170 Å². The predicted molar refractivity (Wildman–Crippen MR) is 112 cm³/mol. The molecule has 0 aliphatic carbocycles. The summed E-state index contributed by atoms with van der Waals surface area (Å²) in [5.41, 5.74) is 2.60. The summed E-state index contributed by atoms with van der Waals surface area (Å²) in [4.78, 5) is 24.3. The SMILES string of the molecule is O=C(CCNC(=O)c1cccc(OCc2ccccc2)c1)NCc1ccccc1. The quantitative estimate of drug-likeness (QED) is 0.587.